The highest BCUT2D eigenvalue weighted by Crippen LogP contribution is 2.19. The molecular weight excluding hydrogens is 273 g/mol. The van der Waals surface area contributed by atoms with Crippen molar-refractivity contribution in [2.45, 2.75) is 0 Å². The molecule has 0 radical (unpaired) electrons. The second kappa shape index (κ2) is 4.66. The maximum absolute atomic E-state index is 8.66. The highest BCUT2D eigenvalue weighted by atomic mass is 79.9. The highest BCUT2D eigenvalue weighted by Gasteiger charge is 1.97. The first-order valence-electron chi connectivity index (χ1n) is 3.35. The molecule has 0 bridgehead atoms. The van der Waals surface area contributed by atoms with E-state index in [4.69, 9.17) is 28.5 Å². The van der Waals surface area contributed by atoms with Crippen LogP contribution >= 0.6 is 39.1 Å². The van der Waals surface area contributed by atoms with Gasteiger partial charge in [0.15, 0.2) is 0 Å². The number of rotatable bonds is 1. The van der Waals surface area contributed by atoms with E-state index >= 15 is 0 Å². The number of halogens is 3. The van der Waals surface area contributed by atoms with E-state index in [-0.39, 0.29) is 4.49 Å². The summed E-state index contributed by atoms with van der Waals surface area (Å²) in [5, 5.41) is 8.66. The van der Waals surface area contributed by atoms with Crippen LogP contribution in [0.25, 0.3) is 6.08 Å². The molecule has 0 saturated carbocycles. The minimum atomic E-state index is 0.169. The lowest BCUT2D eigenvalue weighted by Crippen LogP contribution is -1.78. The van der Waals surface area contributed by atoms with Crippen LogP contribution in [0.3, 0.4) is 0 Å². The lowest BCUT2D eigenvalue weighted by atomic mass is 10.1. The lowest BCUT2D eigenvalue weighted by molar-refractivity contribution is 1.47. The van der Waals surface area contributed by atoms with Crippen LogP contribution < -0.4 is 0 Å². The zero-order chi connectivity index (χ0) is 9.84. The molecule has 1 aromatic rings. The minimum Gasteiger partial charge on any atom is -0.192 e. The Kier molecular flexibility index (Phi) is 3.80. The van der Waals surface area contributed by atoms with Crippen LogP contribution in [0.15, 0.2) is 27.2 Å². The average molecular weight is 277 g/mol. The third-order valence-corrected chi connectivity index (χ3v) is 2.00. The van der Waals surface area contributed by atoms with Crippen molar-refractivity contribution >= 4 is 45.2 Å². The van der Waals surface area contributed by atoms with Crippen LogP contribution in [0.5, 0.6) is 0 Å². The number of nitriles is 1. The third-order valence-electron chi connectivity index (χ3n) is 1.32. The summed E-state index contributed by atoms with van der Waals surface area (Å²) in [6.07, 6.45) is 1.58. The van der Waals surface area contributed by atoms with Gasteiger partial charge in [0.25, 0.3) is 0 Å². The molecule has 1 aromatic carbocycles. The zero-order valence-electron chi connectivity index (χ0n) is 6.39. The fourth-order valence-corrected chi connectivity index (χ4v) is 1.65. The molecule has 1 nitrogen and oxygen atoms in total. The molecule has 0 atom stereocenters. The molecule has 0 aliphatic carbocycles. The van der Waals surface area contributed by atoms with Crippen LogP contribution in [0.1, 0.15) is 11.1 Å². The summed E-state index contributed by atoms with van der Waals surface area (Å²) in [6.45, 7) is 0. The summed E-state index contributed by atoms with van der Waals surface area (Å²) >= 11 is 14.3. The van der Waals surface area contributed by atoms with Gasteiger partial charge >= 0.3 is 0 Å². The van der Waals surface area contributed by atoms with Crippen LogP contribution in [0, 0.1) is 11.3 Å². The van der Waals surface area contributed by atoms with Crippen LogP contribution in [0.4, 0.5) is 0 Å². The van der Waals surface area contributed by atoms with E-state index in [2.05, 4.69) is 15.9 Å². The monoisotopic (exact) mass is 275 g/mol. The van der Waals surface area contributed by atoms with Gasteiger partial charge in [0.05, 0.1) is 11.6 Å². The SMILES string of the molecule is N#Cc1cc(Br)cc(C=C(Cl)Cl)c1. The topological polar surface area (TPSA) is 23.8 Å². The maximum atomic E-state index is 8.66. The Morgan fingerprint density at radius 2 is 2.08 bits per heavy atom. The molecular formula is C9H4BrCl2N. The van der Waals surface area contributed by atoms with Crippen molar-refractivity contribution in [2.75, 3.05) is 0 Å². The molecule has 0 aromatic heterocycles. The van der Waals surface area contributed by atoms with Crippen molar-refractivity contribution in [3.05, 3.63) is 38.3 Å². The molecule has 0 fully saturated rings. The largest absolute Gasteiger partial charge is 0.192 e. The van der Waals surface area contributed by atoms with Crippen LogP contribution in [-0.4, -0.2) is 0 Å². The van der Waals surface area contributed by atoms with Gasteiger partial charge in [-0.1, -0.05) is 39.1 Å². The molecule has 0 saturated heterocycles. The van der Waals surface area contributed by atoms with Crippen molar-refractivity contribution < 1.29 is 0 Å². The first-order chi connectivity index (χ1) is 6.11. The van der Waals surface area contributed by atoms with E-state index in [9.17, 15) is 0 Å². The molecule has 1 rings (SSSR count). The van der Waals surface area contributed by atoms with Gasteiger partial charge < -0.3 is 0 Å². The Labute approximate surface area is 94.7 Å². The third kappa shape index (κ3) is 3.40. The minimum absolute atomic E-state index is 0.169. The Bertz CT molecular complexity index is 389. The van der Waals surface area contributed by atoms with Gasteiger partial charge in [0.2, 0.25) is 0 Å². The van der Waals surface area contributed by atoms with Gasteiger partial charge in [-0.15, -0.1) is 0 Å². The van der Waals surface area contributed by atoms with Crippen LogP contribution in [-0.2, 0) is 0 Å². The number of nitrogens with zero attached hydrogens (tertiary/aromatic N) is 1. The summed E-state index contributed by atoms with van der Waals surface area (Å²) in [5.41, 5.74) is 1.36. The molecule has 4 heteroatoms. The molecule has 0 spiro atoms. The van der Waals surface area contributed by atoms with Crippen molar-refractivity contribution in [3.63, 3.8) is 0 Å². The van der Waals surface area contributed by atoms with Gasteiger partial charge in [-0.05, 0) is 29.8 Å². The molecule has 0 unspecified atom stereocenters. The molecule has 0 aliphatic rings. The fourth-order valence-electron chi connectivity index (χ4n) is 0.886. The fraction of sp³-hybridized carbons (Fsp3) is 0. The molecule has 0 N–H and O–H groups in total. The van der Waals surface area contributed by atoms with Gasteiger partial charge in [0.1, 0.15) is 4.49 Å². The highest BCUT2D eigenvalue weighted by molar-refractivity contribution is 9.10. The van der Waals surface area contributed by atoms with E-state index in [1.54, 1.807) is 18.2 Å². The maximum Gasteiger partial charge on any atom is 0.107 e. The first-order valence-corrected chi connectivity index (χ1v) is 4.90. The van der Waals surface area contributed by atoms with E-state index in [0.717, 1.165) is 10.0 Å². The average Bonchev–Trinajstić information content (AvgIpc) is 2.01. The summed E-state index contributed by atoms with van der Waals surface area (Å²) < 4.78 is 0.995. The van der Waals surface area contributed by atoms with E-state index < -0.39 is 0 Å². The first kappa shape index (κ1) is 10.6. The van der Waals surface area contributed by atoms with E-state index in [1.165, 1.54) is 0 Å². The Hall–Kier alpha value is -0.490. The van der Waals surface area contributed by atoms with Crippen molar-refractivity contribution in [1.82, 2.24) is 0 Å². The molecule has 13 heavy (non-hydrogen) atoms. The Morgan fingerprint density at radius 1 is 1.38 bits per heavy atom. The Balaban J connectivity index is 3.18. The normalized spacial score (nSPS) is 9.08. The van der Waals surface area contributed by atoms with Crippen LogP contribution in [0.2, 0.25) is 0 Å². The quantitative estimate of drug-likeness (QED) is 0.758. The van der Waals surface area contributed by atoms with Gasteiger partial charge in [-0.3, -0.25) is 0 Å². The molecule has 0 aliphatic heterocycles. The summed E-state index contributed by atoms with van der Waals surface area (Å²) in [7, 11) is 0. The van der Waals surface area contributed by atoms with Crippen molar-refractivity contribution in [2.24, 2.45) is 0 Å². The van der Waals surface area contributed by atoms with Crippen molar-refractivity contribution in [1.29, 1.82) is 5.26 Å². The number of benzene rings is 1. The smallest absolute Gasteiger partial charge is 0.107 e. The van der Waals surface area contributed by atoms with E-state index in [1.807, 2.05) is 12.1 Å². The summed E-state index contributed by atoms with van der Waals surface area (Å²) in [4.78, 5) is 0. The zero-order valence-corrected chi connectivity index (χ0v) is 9.49. The number of hydrogen-bond acceptors (Lipinski definition) is 1. The molecule has 66 valence electrons. The standard InChI is InChI=1S/C9H4BrCl2N/c10-8-2-6(4-9(11)12)1-7(3-8)5-13/h1-4H. The predicted molar refractivity (Wildman–Crippen MR) is 58.5 cm³/mol. The van der Waals surface area contributed by atoms with Gasteiger partial charge in [-0.25, -0.2) is 0 Å². The van der Waals surface area contributed by atoms with Crippen molar-refractivity contribution in [3.8, 4) is 6.07 Å². The van der Waals surface area contributed by atoms with Gasteiger partial charge in [-0.2, -0.15) is 5.26 Å². The molecule has 0 amide bonds. The van der Waals surface area contributed by atoms with Gasteiger partial charge in [0, 0.05) is 4.47 Å². The summed E-state index contributed by atoms with van der Waals surface area (Å²) in [5.74, 6) is 0. The predicted octanol–water partition coefficient (Wildman–Crippen LogP) is 4.10. The summed E-state index contributed by atoms with van der Waals surface area (Å²) in [6, 6.07) is 7.29. The Morgan fingerprint density at radius 3 is 2.62 bits per heavy atom. The molecule has 0 heterocycles. The lowest BCUT2D eigenvalue weighted by Gasteiger charge is -1.96. The second-order valence-corrected chi connectivity index (χ2v) is 4.24. The van der Waals surface area contributed by atoms with E-state index in [0.29, 0.717) is 5.56 Å². The number of hydrogen-bond donors (Lipinski definition) is 0. The second-order valence-electron chi connectivity index (χ2n) is 2.32.